The van der Waals surface area contributed by atoms with Gasteiger partial charge in [-0.05, 0) is 45.6 Å². The fraction of sp³-hybridized carbons (Fsp3) is 0.765. The summed E-state index contributed by atoms with van der Waals surface area (Å²) in [6.45, 7) is 8.93. The highest BCUT2D eigenvalue weighted by molar-refractivity contribution is 7.89. The van der Waals surface area contributed by atoms with Crippen molar-refractivity contribution < 1.29 is 18.0 Å². The summed E-state index contributed by atoms with van der Waals surface area (Å²) in [4.78, 5) is 25.7. The number of piperidine rings is 2. The van der Waals surface area contributed by atoms with Gasteiger partial charge in [0.25, 0.3) is 0 Å². The Morgan fingerprint density at radius 1 is 1.08 bits per heavy atom. The Bertz CT molecular complexity index is 601. The summed E-state index contributed by atoms with van der Waals surface area (Å²) in [5.74, 6) is -0.139. The fourth-order valence-corrected chi connectivity index (χ4v) is 4.68. The molecule has 0 aromatic carbocycles. The Morgan fingerprint density at radius 2 is 1.64 bits per heavy atom. The molecule has 0 saturated carbocycles. The van der Waals surface area contributed by atoms with Crippen LogP contribution in [-0.4, -0.2) is 66.9 Å². The van der Waals surface area contributed by atoms with Gasteiger partial charge in [-0.2, -0.15) is 0 Å². The molecule has 25 heavy (non-hydrogen) atoms. The summed E-state index contributed by atoms with van der Waals surface area (Å²) >= 11 is 0. The first-order valence-electron chi connectivity index (χ1n) is 8.96. The summed E-state index contributed by atoms with van der Waals surface area (Å²) in [6.07, 6.45) is 3.91. The SMILES string of the molecule is C=CC(=O)N1CCC(C(=O)NC2CCN(S(=O)(=O)C(C)C)CC2)CC1. The molecule has 8 heteroatoms. The summed E-state index contributed by atoms with van der Waals surface area (Å²) in [5, 5.41) is 2.65. The fourth-order valence-electron chi connectivity index (χ4n) is 3.36. The maximum Gasteiger partial charge on any atom is 0.245 e. The highest BCUT2D eigenvalue weighted by atomic mass is 32.2. The van der Waals surface area contributed by atoms with Crippen molar-refractivity contribution in [3.8, 4) is 0 Å². The van der Waals surface area contributed by atoms with E-state index in [9.17, 15) is 18.0 Å². The molecule has 2 aliphatic heterocycles. The van der Waals surface area contributed by atoms with E-state index in [4.69, 9.17) is 0 Å². The van der Waals surface area contributed by atoms with E-state index in [1.165, 1.54) is 10.4 Å². The normalized spacial score (nSPS) is 21.3. The van der Waals surface area contributed by atoms with Gasteiger partial charge in [-0.25, -0.2) is 12.7 Å². The lowest BCUT2D eigenvalue weighted by molar-refractivity contribution is -0.132. The van der Waals surface area contributed by atoms with E-state index in [-0.39, 0.29) is 23.8 Å². The smallest absolute Gasteiger partial charge is 0.245 e. The van der Waals surface area contributed by atoms with E-state index >= 15 is 0 Å². The number of nitrogens with one attached hydrogen (secondary N) is 1. The first-order chi connectivity index (χ1) is 11.8. The molecule has 2 saturated heterocycles. The second kappa shape index (κ2) is 8.31. The van der Waals surface area contributed by atoms with Crippen LogP contribution in [0.3, 0.4) is 0 Å². The molecule has 0 aromatic rings. The predicted molar refractivity (Wildman–Crippen MR) is 96.3 cm³/mol. The lowest BCUT2D eigenvalue weighted by Gasteiger charge is -2.35. The third-order valence-corrected chi connectivity index (χ3v) is 7.38. The quantitative estimate of drug-likeness (QED) is 0.722. The largest absolute Gasteiger partial charge is 0.353 e. The number of carbonyl (C=O) groups is 2. The van der Waals surface area contributed by atoms with Gasteiger partial charge in [0, 0.05) is 38.1 Å². The molecule has 0 aliphatic carbocycles. The molecule has 2 amide bonds. The molecule has 0 aromatic heterocycles. The van der Waals surface area contributed by atoms with Gasteiger partial charge >= 0.3 is 0 Å². The first-order valence-corrected chi connectivity index (χ1v) is 10.5. The molecule has 0 bridgehead atoms. The predicted octanol–water partition coefficient (Wildman–Crippen LogP) is 0.730. The van der Waals surface area contributed by atoms with Crippen LogP contribution in [0.4, 0.5) is 0 Å². The molecule has 142 valence electrons. The van der Waals surface area contributed by atoms with Crippen LogP contribution in [0.25, 0.3) is 0 Å². The summed E-state index contributed by atoms with van der Waals surface area (Å²) in [7, 11) is -3.21. The van der Waals surface area contributed by atoms with Crippen LogP contribution in [0.1, 0.15) is 39.5 Å². The minimum atomic E-state index is -3.21. The van der Waals surface area contributed by atoms with Gasteiger partial charge in [0.1, 0.15) is 0 Å². The van der Waals surface area contributed by atoms with Crippen LogP contribution in [0, 0.1) is 5.92 Å². The molecule has 2 rings (SSSR count). The van der Waals surface area contributed by atoms with Crippen molar-refractivity contribution in [1.82, 2.24) is 14.5 Å². The number of hydrogen-bond acceptors (Lipinski definition) is 4. The lowest BCUT2D eigenvalue weighted by atomic mass is 9.94. The zero-order valence-corrected chi connectivity index (χ0v) is 15.9. The minimum Gasteiger partial charge on any atom is -0.353 e. The monoisotopic (exact) mass is 371 g/mol. The third-order valence-electron chi connectivity index (χ3n) is 5.11. The van der Waals surface area contributed by atoms with Crippen molar-refractivity contribution in [2.45, 2.75) is 50.8 Å². The number of sulfonamides is 1. The summed E-state index contributed by atoms with van der Waals surface area (Å²) in [6, 6.07) is 0.0268. The Balaban J connectivity index is 1.78. The average molecular weight is 372 g/mol. The molecule has 2 fully saturated rings. The van der Waals surface area contributed by atoms with Crippen molar-refractivity contribution in [2.24, 2.45) is 5.92 Å². The van der Waals surface area contributed by atoms with E-state index in [0.717, 1.165) is 0 Å². The standard InChI is InChI=1S/C17H29N3O4S/c1-4-16(21)19-9-5-14(6-10-19)17(22)18-15-7-11-20(12-8-15)25(23,24)13(2)3/h4,13-15H,1,5-12H2,2-3H3,(H,18,22). The number of amides is 2. The Labute approximate surface area is 150 Å². The van der Waals surface area contributed by atoms with Crippen LogP contribution in [-0.2, 0) is 19.6 Å². The van der Waals surface area contributed by atoms with Gasteiger partial charge in [0.15, 0.2) is 0 Å². The highest BCUT2D eigenvalue weighted by Gasteiger charge is 2.32. The third kappa shape index (κ3) is 4.82. The van der Waals surface area contributed by atoms with E-state index in [1.807, 2.05) is 0 Å². The molecule has 2 heterocycles. The molecule has 0 radical (unpaired) electrons. The van der Waals surface area contributed by atoms with E-state index in [0.29, 0.717) is 51.9 Å². The second-order valence-electron chi connectivity index (χ2n) is 7.08. The topological polar surface area (TPSA) is 86.8 Å². The molecular formula is C17H29N3O4S. The summed E-state index contributed by atoms with van der Waals surface area (Å²) < 4.78 is 25.9. The van der Waals surface area contributed by atoms with Gasteiger partial charge in [0.05, 0.1) is 5.25 Å². The number of hydrogen-bond donors (Lipinski definition) is 1. The highest BCUT2D eigenvalue weighted by Crippen LogP contribution is 2.20. The van der Waals surface area contributed by atoms with Gasteiger partial charge in [0.2, 0.25) is 21.8 Å². The molecule has 0 spiro atoms. The van der Waals surface area contributed by atoms with Crippen LogP contribution >= 0.6 is 0 Å². The number of nitrogens with zero attached hydrogens (tertiary/aromatic N) is 2. The number of rotatable bonds is 5. The Kier molecular flexibility index (Phi) is 6.62. The molecule has 0 atom stereocenters. The van der Waals surface area contributed by atoms with Crippen LogP contribution in [0.5, 0.6) is 0 Å². The molecular weight excluding hydrogens is 342 g/mol. The number of likely N-dealkylation sites (tertiary alicyclic amines) is 1. The summed E-state index contributed by atoms with van der Waals surface area (Å²) in [5.41, 5.74) is 0. The zero-order valence-electron chi connectivity index (χ0n) is 15.1. The van der Waals surface area contributed by atoms with Gasteiger partial charge in [-0.15, -0.1) is 0 Å². The molecule has 7 nitrogen and oxygen atoms in total. The maximum absolute atomic E-state index is 12.4. The lowest BCUT2D eigenvalue weighted by Crippen LogP contribution is -2.50. The van der Waals surface area contributed by atoms with Gasteiger partial charge < -0.3 is 10.2 Å². The van der Waals surface area contributed by atoms with Crippen molar-refractivity contribution >= 4 is 21.8 Å². The molecule has 0 unspecified atom stereocenters. The zero-order chi connectivity index (χ0) is 18.6. The van der Waals surface area contributed by atoms with Crippen molar-refractivity contribution in [1.29, 1.82) is 0 Å². The molecule has 2 aliphatic rings. The first kappa shape index (κ1) is 19.9. The van der Waals surface area contributed by atoms with Crippen molar-refractivity contribution in [3.05, 3.63) is 12.7 Å². The van der Waals surface area contributed by atoms with Crippen LogP contribution in [0.2, 0.25) is 0 Å². The Hall–Kier alpha value is -1.41. The second-order valence-corrected chi connectivity index (χ2v) is 9.57. The van der Waals surface area contributed by atoms with Crippen LogP contribution < -0.4 is 5.32 Å². The maximum atomic E-state index is 12.4. The van der Waals surface area contributed by atoms with Gasteiger partial charge in [-0.1, -0.05) is 6.58 Å². The van der Waals surface area contributed by atoms with E-state index in [1.54, 1.807) is 18.7 Å². The van der Waals surface area contributed by atoms with E-state index in [2.05, 4.69) is 11.9 Å². The minimum absolute atomic E-state index is 0.0240. The Morgan fingerprint density at radius 3 is 2.12 bits per heavy atom. The van der Waals surface area contributed by atoms with Crippen molar-refractivity contribution in [2.75, 3.05) is 26.2 Å². The van der Waals surface area contributed by atoms with Crippen molar-refractivity contribution in [3.63, 3.8) is 0 Å². The molecule has 1 N–H and O–H groups in total. The average Bonchev–Trinajstić information content (AvgIpc) is 2.61. The van der Waals surface area contributed by atoms with Gasteiger partial charge in [-0.3, -0.25) is 9.59 Å². The number of carbonyl (C=O) groups excluding carboxylic acids is 2. The van der Waals surface area contributed by atoms with E-state index < -0.39 is 15.3 Å². The van der Waals surface area contributed by atoms with Crippen LogP contribution in [0.15, 0.2) is 12.7 Å².